The molecule has 7 heteroatoms. The van der Waals surface area contributed by atoms with Gasteiger partial charge in [0, 0.05) is 28.5 Å². The van der Waals surface area contributed by atoms with Crippen molar-refractivity contribution in [2.75, 3.05) is 5.32 Å². The molecule has 0 bridgehead atoms. The van der Waals surface area contributed by atoms with Crippen LogP contribution in [0.5, 0.6) is 5.88 Å². The Bertz CT molecular complexity index is 942. The van der Waals surface area contributed by atoms with Gasteiger partial charge in [0.15, 0.2) is 0 Å². The Hall–Kier alpha value is -2.93. The molecule has 0 saturated heterocycles. The second-order valence-electron chi connectivity index (χ2n) is 5.17. The molecule has 0 spiro atoms. The summed E-state index contributed by atoms with van der Waals surface area (Å²) in [7, 11) is 0. The molecule has 0 atom stereocenters. The highest BCUT2D eigenvalue weighted by molar-refractivity contribution is 9.10. The van der Waals surface area contributed by atoms with Crippen molar-refractivity contribution in [1.29, 1.82) is 0 Å². The number of hydrogen-bond acceptors (Lipinski definition) is 4. The SMILES string of the molecule is O=C(Nc1cc(Br)c[nH]c1=O)c1ccnc(OCc2ccccc2)c1. The van der Waals surface area contributed by atoms with E-state index in [2.05, 4.69) is 31.2 Å². The smallest absolute Gasteiger partial charge is 0.271 e. The number of hydrogen-bond donors (Lipinski definition) is 2. The van der Waals surface area contributed by atoms with Crippen LogP contribution >= 0.6 is 15.9 Å². The van der Waals surface area contributed by atoms with Gasteiger partial charge in [-0.15, -0.1) is 0 Å². The van der Waals surface area contributed by atoms with Crippen LogP contribution in [0.15, 0.2) is 70.2 Å². The summed E-state index contributed by atoms with van der Waals surface area (Å²) in [6, 6.07) is 14.3. The lowest BCUT2D eigenvalue weighted by molar-refractivity contribution is 0.102. The highest BCUT2D eigenvalue weighted by Gasteiger charge is 2.10. The number of carbonyl (C=O) groups excluding carboxylic acids is 1. The predicted octanol–water partition coefficient (Wildman–Crippen LogP) is 3.36. The number of benzene rings is 1. The highest BCUT2D eigenvalue weighted by Crippen LogP contribution is 2.14. The molecular weight excluding hydrogens is 386 g/mol. The molecule has 6 nitrogen and oxygen atoms in total. The van der Waals surface area contributed by atoms with Crippen molar-refractivity contribution < 1.29 is 9.53 Å². The van der Waals surface area contributed by atoms with E-state index >= 15 is 0 Å². The zero-order chi connectivity index (χ0) is 17.6. The number of halogens is 1. The van der Waals surface area contributed by atoms with E-state index in [1.807, 2.05) is 30.3 Å². The lowest BCUT2D eigenvalue weighted by Crippen LogP contribution is -2.19. The van der Waals surface area contributed by atoms with Gasteiger partial charge in [-0.25, -0.2) is 4.98 Å². The number of H-pyrrole nitrogens is 1. The molecule has 1 amide bonds. The Morgan fingerprint density at radius 3 is 2.80 bits per heavy atom. The van der Waals surface area contributed by atoms with Crippen LogP contribution < -0.4 is 15.6 Å². The maximum absolute atomic E-state index is 12.3. The Morgan fingerprint density at radius 2 is 2.00 bits per heavy atom. The molecule has 1 aromatic carbocycles. The first-order chi connectivity index (χ1) is 12.1. The summed E-state index contributed by atoms with van der Waals surface area (Å²) in [5.74, 6) is -0.0878. The molecule has 0 fully saturated rings. The van der Waals surface area contributed by atoms with Crippen molar-refractivity contribution in [1.82, 2.24) is 9.97 Å². The van der Waals surface area contributed by atoms with Crippen LogP contribution in [0.1, 0.15) is 15.9 Å². The van der Waals surface area contributed by atoms with Crippen molar-refractivity contribution in [2.45, 2.75) is 6.61 Å². The van der Waals surface area contributed by atoms with Crippen LogP contribution in [0.2, 0.25) is 0 Å². The maximum Gasteiger partial charge on any atom is 0.271 e. The van der Waals surface area contributed by atoms with Gasteiger partial charge < -0.3 is 15.0 Å². The van der Waals surface area contributed by atoms with E-state index in [1.54, 1.807) is 6.07 Å². The van der Waals surface area contributed by atoms with E-state index in [0.29, 0.717) is 22.5 Å². The van der Waals surface area contributed by atoms with E-state index in [-0.39, 0.29) is 11.2 Å². The third-order valence-corrected chi connectivity index (χ3v) is 3.80. The predicted molar refractivity (Wildman–Crippen MR) is 97.7 cm³/mol. The van der Waals surface area contributed by atoms with Crippen molar-refractivity contribution in [2.24, 2.45) is 0 Å². The summed E-state index contributed by atoms with van der Waals surface area (Å²) < 4.78 is 6.27. The molecule has 0 radical (unpaired) electrons. The number of nitrogens with one attached hydrogen (secondary N) is 2. The molecule has 2 heterocycles. The van der Waals surface area contributed by atoms with Crippen molar-refractivity contribution in [3.05, 3.63) is 86.9 Å². The van der Waals surface area contributed by atoms with E-state index in [1.165, 1.54) is 24.5 Å². The van der Waals surface area contributed by atoms with Gasteiger partial charge >= 0.3 is 0 Å². The molecule has 126 valence electrons. The number of amides is 1. The summed E-state index contributed by atoms with van der Waals surface area (Å²) in [6.07, 6.45) is 2.99. The Kier molecular flexibility index (Phi) is 5.25. The van der Waals surface area contributed by atoms with Gasteiger partial charge in [0.25, 0.3) is 11.5 Å². The zero-order valence-electron chi connectivity index (χ0n) is 13.0. The van der Waals surface area contributed by atoms with Gasteiger partial charge in [0.1, 0.15) is 12.3 Å². The van der Waals surface area contributed by atoms with Crippen molar-refractivity contribution in [3.63, 3.8) is 0 Å². The molecule has 0 aliphatic carbocycles. The number of nitrogens with zero attached hydrogens (tertiary/aromatic N) is 1. The van der Waals surface area contributed by atoms with Gasteiger partial charge in [-0.1, -0.05) is 30.3 Å². The summed E-state index contributed by atoms with van der Waals surface area (Å²) in [4.78, 5) is 30.7. The minimum absolute atomic E-state index is 0.156. The monoisotopic (exact) mass is 399 g/mol. The fraction of sp³-hybridized carbons (Fsp3) is 0.0556. The van der Waals surface area contributed by atoms with E-state index in [9.17, 15) is 9.59 Å². The normalized spacial score (nSPS) is 10.3. The van der Waals surface area contributed by atoms with Crippen LogP contribution in [-0.2, 0) is 6.61 Å². The fourth-order valence-electron chi connectivity index (χ4n) is 2.11. The molecule has 3 aromatic rings. The Balaban J connectivity index is 1.71. The first kappa shape index (κ1) is 16.9. The molecule has 3 rings (SSSR count). The Labute approximate surface area is 152 Å². The van der Waals surface area contributed by atoms with E-state index < -0.39 is 5.91 Å². The highest BCUT2D eigenvalue weighted by atomic mass is 79.9. The average molecular weight is 400 g/mol. The molecule has 2 N–H and O–H groups in total. The summed E-state index contributed by atoms with van der Waals surface area (Å²) in [5, 5.41) is 2.57. The van der Waals surface area contributed by atoms with Crippen molar-refractivity contribution >= 4 is 27.5 Å². The molecule has 25 heavy (non-hydrogen) atoms. The van der Waals surface area contributed by atoms with E-state index in [0.717, 1.165) is 5.56 Å². The Morgan fingerprint density at radius 1 is 1.20 bits per heavy atom. The van der Waals surface area contributed by atoms with Gasteiger partial charge in [0.2, 0.25) is 5.88 Å². The lowest BCUT2D eigenvalue weighted by atomic mass is 10.2. The van der Waals surface area contributed by atoms with Crippen molar-refractivity contribution in [3.8, 4) is 5.88 Å². The minimum atomic E-state index is -0.421. The quantitative estimate of drug-likeness (QED) is 0.688. The summed E-state index contributed by atoms with van der Waals surface area (Å²) in [5.41, 5.74) is 1.12. The zero-order valence-corrected chi connectivity index (χ0v) is 14.6. The second-order valence-corrected chi connectivity index (χ2v) is 6.09. The topological polar surface area (TPSA) is 84.1 Å². The molecule has 0 unspecified atom stereocenters. The third-order valence-electron chi connectivity index (χ3n) is 3.34. The van der Waals surface area contributed by atoms with Crippen LogP contribution in [0.25, 0.3) is 0 Å². The van der Waals surface area contributed by atoms with Gasteiger partial charge in [0.05, 0.1) is 0 Å². The van der Waals surface area contributed by atoms with Gasteiger partial charge in [-0.05, 0) is 33.6 Å². The number of aromatic amines is 1. The lowest BCUT2D eigenvalue weighted by Gasteiger charge is -2.08. The van der Waals surface area contributed by atoms with Crippen LogP contribution in [-0.4, -0.2) is 15.9 Å². The second kappa shape index (κ2) is 7.76. The standard InChI is InChI=1S/C18H14BrN3O3/c19-14-9-15(18(24)21-10-14)22-17(23)13-6-7-20-16(8-13)25-11-12-4-2-1-3-5-12/h1-10H,11H2,(H,21,24)(H,22,23). The average Bonchev–Trinajstić information content (AvgIpc) is 2.64. The third kappa shape index (κ3) is 4.54. The number of carbonyl (C=O) groups is 1. The summed E-state index contributed by atoms with van der Waals surface area (Å²) in [6.45, 7) is 0.351. The number of ether oxygens (including phenoxy) is 1. The first-order valence-electron chi connectivity index (χ1n) is 7.44. The molecule has 0 aliphatic heterocycles. The summed E-state index contributed by atoms with van der Waals surface area (Å²) >= 11 is 3.25. The molecule has 2 aromatic heterocycles. The van der Waals surface area contributed by atoms with Gasteiger partial charge in [-0.3, -0.25) is 9.59 Å². The molecule has 0 aliphatic rings. The maximum atomic E-state index is 12.3. The number of pyridine rings is 2. The fourth-order valence-corrected chi connectivity index (χ4v) is 2.45. The first-order valence-corrected chi connectivity index (χ1v) is 8.23. The van der Waals surface area contributed by atoms with Gasteiger partial charge in [-0.2, -0.15) is 0 Å². The van der Waals surface area contributed by atoms with Crippen LogP contribution in [0.4, 0.5) is 5.69 Å². The number of aromatic nitrogens is 2. The molecule has 0 saturated carbocycles. The minimum Gasteiger partial charge on any atom is -0.473 e. The van der Waals surface area contributed by atoms with E-state index in [4.69, 9.17) is 4.74 Å². The van der Waals surface area contributed by atoms with Crippen LogP contribution in [0, 0.1) is 0 Å². The number of anilines is 1. The molecular formula is C18H14BrN3O3. The largest absolute Gasteiger partial charge is 0.473 e. The number of rotatable bonds is 5. The van der Waals surface area contributed by atoms with Crippen LogP contribution in [0.3, 0.4) is 0 Å².